The van der Waals surface area contributed by atoms with E-state index >= 15 is 0 Å². The van der Waals surface area contributed by atoms with E-state index in [4.69, 9.17) is 4.74 Å². The van der Waals surface area contributed by atoms with Crippen molar-refractivity contribution >= 4 is 17.3 Å². The van der Waals surface area contributed by atoms with Gasteiger partial charge in [-0.3, -0.25) is 4.79 Å². The average Bonchev–Trinajstić information content (AvgIpc) is 2.61. The molecule has 0 aromatic heterocycles. The van der Waals surface area contributed by atoms with E-state index < -0.39 is 0 Å². The molecule has 2 N–H and O–H groups in total. The standard InChI is InChI=1S/C20H26N2O2/c1-2-3-7-15-21-17-10-12-18(13-11-17)22-20(23)14-16-24-19-8-5-4-6-9-19/h4-6,8-13,21H,2-3,7,14-16H2,1H3,(H,22,23). The van der Waals surface area contributed by atoms with Crippen LogP contribution in [0.15, 0.2) is 54.6 Å². The van der Waals surface area contributed by atoms with Gasteiger partial charge in [0.1, 0.15) is 5.75 Å². The second kappa shape index (κ2) is 10.3. The van der Waals surface area contributed by atoms with E-state index in [9.17, 15) is 4.79 Å². The average molecular weight is 326 g/mol. The Morgan fingerprint density at radius 2 is 1.67 bits per heavy atom. The third-order valence-corrected chi connectivity index (χ3v) is 3.62. The smallest absolute Gasteiger partial charge is 0.227 e. The van der Waals surface area contributed by atoms with Crippen molar-refractivity contribution in [2.45, 2.75) is 32.6 Å². The highest BCUT2D eigenvalue weighted by molar-refractivity contribution is 5.90. The lowest BCUT2D eigenvalue weighted by Gasteiger charge is -2.09. The van der Waals surface area contributed by atoms with Crippen molar-refractivity contribution in [3.05, 3.63) is 54.6 Å². The number of hydrogen-bond donors (Lipinski definition) is 2. The van der Waals surface area contributed by atoms with Crippen LogP contribution < -0.4 is 15.4 Å². The van der Waals surface area contributed by atoms with Gasteiger partial charge in [-0.1, -0.05) is 38.0 Å². The zero-order valence-corrected chi connectivity index (χ0v) is 14.3. The predicted molar refractivity (Wildman–Crippen MR) is 99.6 cm³/mol. The van der Waals surface area contributed by atoms with Crippen molar-refractivity contribution < 1.29 is 9.53 Å². The number of ether oxygens (including phenoxy) is 1. The van der Waals surface area contributed by atoms with Crippen LogP contribution in [0.2, 0.25) is 0 Å². The molecule has 24 heavy (non-hydrogen) atoms. The normalized spacial score (nSPS) is 10.2. The monoisotopic (exact) mass is 326 g/mol. The molecule has 2 aromatic rings. The Morgan fingerprint density at radius 3 is 2.38 bits per heavy atom. The second-order valence-electron chi connectivity index (χ2n) is 5.67. The molecular weight excluding hydrogens is 300 g/mol. The van der Waals surface area contributed by atoms with E-state index in [0.29, 0.717) is 13.0 Å². The van der Waals surface area contributed by atoms with Crippen LogP contribution >= 0.6 is 0 Å². The number of hydrogen-bond acceptors (Lipinski definition) is 3. The Kier molecular flexibility index (Phi) is 7.68. The number of para-hydroxylation sites is 1. The van der Waals surface area contributed by atoms with E-state index in [-0.39, 0.29) is 5.91 Å². The summed E-state index contributed by atoms with van der Waals surface area (Å²) in [5.41, 5.74) is 1.88. The molecule has 0 bridgehead atoms. The SMILES string of the molecule is CCCCCNc1ccc(NC(=O)CCOc2ccccc2)cc1. The second-order valence-corrected chi connectivity index (χ2v) is 5.67. The van der Waals surface area contributed by atoms with Crippen LogP contribution in [-0.4, -0.2) is 19.1 Å². The Hall–Kier alpha value is -2.49. The number of amides is 1. The van der Waals surface area contributed by atoms with Gasteiger partial charge in [0.15, 0.2) is 0 Å². The first-order chi connectivity index (χ1) is 11.8. The highest BCUT2D eigenvalue weighted by atomic mass is 16.5. The summed E-state index contributed by atoms with van der Waals surface area (Å²) >= 11 is 0. The summed E-state index contributed by atoms with van der Waals surface area (Å²) in [5.74, 6) is 0.735. The maximum Gasteiger partial charge on any atom is 0.227 e. The van der Waals surface area contributed by atoms with E-state index in [1.165, 1.54) is 19.3 Å². The van der Waals surface area contributed by atoms with Crippen molar-refractivity contribution in [3.63, 3.8) is 0 Å². The summed E-state index contributed by atoms with van der Waals surface area (Å²) in [4.78, 5) is 11.9. The zero-order valence-electron chi connectivity index (χ0n) is 14.3. The molecule has 0 aliphatic heterocycles. The number of rotatable bonds is 10. The summed E-state index contributed by atoms with van der Waals surface area (Å²) in [5, 5.41) is 6.26. The summed E-state index contributed by atoms with van der Waals surface area (Å²) in [7, 11) is 0. The highest BCUT2D eigenvalue weighted by Gasteiger charge is 2.03. The van der Waals surface area contributed by atoms with Gasteiger partial charge >= 0.3 is 0 Å². The van der Waals surface area contributed by atoms with Crippen LogP contribution in [0.3, 0.4) is 0 Å². The molecule has 0 saturated carbocycles. The molecular formula is C20H26N2O2. The van der Waals surface area contributed by atoms with Gasteiger partial charge in [-0.15, -0.1) is 0 Å². The highest BCUT2D eigenvalue weighted by Crippen LogP contribution is 2.14. The van der Waals surface area contributed by atoms with E-state index in [1.54, 1.807) is 0 Å². The molecule has 2 rings (SSSR count). The molecule has 128 valence electrons. The number of benzene rings is 2. The van der Waals surface area contributed by atoms with Crippen LogP contribution in [-0.2, 0) is 4.79 Å². The molecule has 2 aromatic carbocycles. The first-order valence-electron chi connectivity index (χ1n) is 8.59. The molecule has 0 aliphatic rings. The van der Waals surface area contributed by atoms with Crippen molar-refractivity contribution in [2.24, 2.45) is 0 Å². The van der Waals surface area contributed by atoms with Crippen molar-refractivity contribution in [2.75, 3.05) is 23.8 Å². The quantitative estimate of drug-likeness (QED) is 0.622. The van der Waals surface area contributed by atoms with Gasteiger partial charge in [0.2, 0.25) is 5.91 Å². The fourth-order valence-electron chi connectivity index (χ4n) is 2.28. The molecule has 4 heteroatoms. The van der Waals surface area contributed by atoms with Crippen molar-refractivity contribution in [1.29, 1.82) is 0 Å². The molecule has 0 atom stereocenters. The number of nitrogens with one attached hydrogen (secondary N) is 2. The van der Waals surface area contributed by atoms with E-state index in [0.717, 1.165) is 23.7 Å². The number of carbonyl (C=O) groups is 1. The first kappa shape index (κ1) is 17.9. The molecule has 0 saturated heterocycles. The third-order valence-electron chi connectivity index (χ3n) is 3.62. The van der Waals surface area contributed by atoms with Crippen LogP contribution in [0, 0.1) is 0 Å². The van der Waals surface area contributed by atoms with Gasteiger partial charge < -0.3 is 15.4 Å². The minimum Gasteiger partial charge on any atom is -0.493 e. The van der Waals surface area contributed by atoms with Crippen LogP contribution in [0.4, 0.5) is 11.4 Å². The molecule has 0 fully saturated rings. The van der Waals surface area contributed by atoms with E-state index in [2.05, 4.69) is 17.6 Å². The van der Waals surface area contributed by atoms with Crippen LogP contribution in [0.25, 0.3) is 0 Å². The Morgan fingerprint density at radius 1 is 0.958 bits per heavy atom. The van der Waals surface area contributed by atoms with Crippen molar-refractivity contribution in [1.82, 2.24) is 0 Å². The molecule has 4 nitrogen and oxygen atoms in total. The maximum atomic E-state index is 11.9. The first-order valence-corrected chi connectivity index (χ1v) is 8.59. The number of anilines is 2. The van der Waals surface area contributed by atoms with Gasteiger partial charge in [-0.25, -0.2) is 0 Å². The van der Waals surface area contributed by atoms with Gasteiger partial charge in [-0.2, -0.15) is 0 Å². The Bertz CT molecular complexity index is 597. The largest absolute Gasteiger partial charge is 0.493 e. The van der Waals surface area contributed by atoms with Gasteiger partial charge in [0.25, 0.3) is 0 Å². The fourth-order valence-corrected chi connectivity index (χ4v) is 2.28. The Balaban J connectivity index is 1.67. The third kappa shape index (κ3) is 6.73. The fraction of sp³-hybridized carbons (Fsp3) is 0.350. The van der Waals surface area contributed by atoms with Crippen LogP contribution in [0.5, 0.6) is 5.75 Å². The van der Waals surface area contributed by atoms with Crippen molar-refractivity contribution in [3.8, 4) is 5.75 Å². The molecule has 1 amide bonds. The predicted octanol–water partition coefficient (Wildman–Crippen LogP) is 4.70. The Labute approximate surface area is 144 Å². The topological polar surface area (TPSA) is 50.4 Å². The lowest BCUT2D eigenvalue weighted by Crippen LogP contribution is -2.15. The van der Waals surface area contributed by atoms with Gasteiger partial charge in [-0.05, 0) is 42.8 Å². The summed E-state index contributed by atoms with van der Waals surface area (Å²) in [6, 6.07) is 17.3. The summed E-state index contributed by atoms with van der Waals surface area (Å²) < 4.78 is 5.53. The van der Waals surface area contributed by atoms with E-state index in [1.807, 2.05) is 54.6 Å². The lowest BCUT2D eigenvalue weighted by molar-refractivity contribution is -0.116. The minimum atomic E-state index is -0.0467. The number of carbonyl (C=O) groups excluding carboxylic acids is 1. The molecule has 0 spiro atoms. The van der Waals surface area contributed by atoms with Crippen LogP contribution in [0.1, 0.15) is 32.6 Å². The lowest BCUT2D eigenvalue weighted by atomic mass is 10.2. The van der Waals surface area contributed by atoms with Gasteiger partial charge in [0.05, 0.1) is 13.0 Å². The molecule has 0 unspecified atom stereocenters. The number of unbranched alkanes of at least 4 members (excludes halogenated alkanes) is 2. The molecule has 0 heterocycles. The summed E-state index contributed by atoms with van der Waals surface area (Å²) in [6.07, 6.45) is 3.97. The zero-order chi connectivity index (χ0) is 17.0. The molecule has 0 aliphatic carbocycles. The minimum absolute atomic E-state index is 0.0467. The summed E-state index contributed by atoms with van der Waals surface area (Å²) in [6.45, 7) is 3.55. The maximum absolute atomic E-state index is 11.9. The van der Waals surface area contributed by atoms with Gasteiger partial charge in [0, 0.05) is 17.9 Å². The molecule has 0 radical (unpaired) electrons.